The van der Waals surface area contributed by atoms with Crippen LogP contribution in [0.25, 0.3) is 11.3 Å². The van der Waals surface area contributed by atoms with Gasteiger partial charge in [0.2, 0.25) is 0 Å². The van der Waals surface area contributed by atoms with E-state index in [9.17, 15) is 14.4 Å². The quantitative estimate of drug-likeness (QED) is 0.501. The van der Waals surface area contributed by atoms with Gasteiger partial charge in [0.1, 0.15) is 11.6 Å². The maximum atomic E-state index is 12.8. The lowest BCUT2D eigenvalue weighted by molar-refractivity contribution is -0.152. The molecule has 7 heteroatoms. The second kappa shape index (κ2) is 8.77. The Morgan fingerprint density at radius 2 is 1.68 bits per heavy atom. The minimum atomic E-state index is -1.08. The first kappa shape index (κ1) is 19.0. The van der Waals surface area contributed by atoms with Gasteiger partial charge in [-0.2, -0.15) is 0 Å². The number of nitrogens with one attached hydrogen (secondary N) is 1. The van der Waals surface area contributed by atoms with Crippen LogP contribution in [0.5, 0.6) is 0 Å². The lowest BCUT2D eigenvalue weighted by Crippen LogP contribution is -2.45. The monoisotopic (exact) mass is 378 g/mol. The summed E-state index contributed by atoms with van der Waals surface area (Å²) in [5, 5.41) is 6.30. The third-order valence-electron chi connectivity index (χ3n) is 4.14. The topological polar surface area (TPSA) is 98.5 Å². The van der Waals surface area contributed by atoms with Crippen molar-refractivity contribution in [2.75, 3.05) is 7.11 Å². The molecular formula is C21H18N2O5. The number of methoxy groups -OCH3 is 1. The molecule has 3 rings (SSSR count). The van der Waals surface area contributed by atoms with Crippen molar-refractivity contribution in [3.05, 3.63) is 78.0 Å². The molecule has 1 atom stereocenters. The molecular weight excluding hydrogens is 360 g/mol. The Labute approximate surface area is 161 Å². The van der Waals surface area contributed by atoms with Crippen LogP contribution in [0.2, 0.25) is 0 Å². The molecule has 1 amide bonds. The van der Waals surface area contributed by atoms with E-state index in [1.54, 1.807) is 36.4 Å². The number of hydrogen-bond acceptors (Lipinski definition) is 6. The molecule has 0 aliphatic heterocycles. The number of amides is 1. The zero-order valence-corrected chi connectivity index (χ0v) is 15.1. The highest BCUT2D eigenvalue weighted by molar-refractivity contribution is 6.36. The van der Waals surface area contributed by atoms with Gasteiger partial charge < -0.3 is 14.6 Å². The molecule has 142 valence electrons. The van der Waals surface area contributed by atoms with Crippen molar-refractivity contribution in [2.45, 2.75) is 12.5 Å². The zero-order valence-electron chi connectivity index (χ0n) is 15.1. The Hall–Kier alpha value is -3.74. The van der Waals surface area contributed by atoms with Gasteiger partial charge in [-0.05, 0) is 5.56 Å². The van der Waals surface area contributed by atoms with Gasteiger partial charge in [-0.3, -0.25) is 9.59 Å². The summed E-state index contributed by atoms with van der Waals surface area (Å²) in [6.45, 7) is 0. The number of rotatable bonds is 7. The van der Waals surface area contributed by atoms with Crippen molar-refractivity contribution < 1.29 is 23.6 Å². The van der Waals surface area contributed by atoms with E-state index in [1.807, 2.05) is 24.3 Å². The molecule has 0 saturated carbocycles. The lowest BCUT2D eigenvalue weighted by atomic mass is 10.0. The van der Waals surface area contributed by atoms with Crippen molar-refractivity contribution in [1.29, 1.82) is 0 Å². The van der Waals surface area contributed by atoms with E-state index >= 15 is 0 Å². The Balaban J connectivity index is 1.85. The summed E-state index contributed by atoms with van der Waals surface area (Å²) in [5.74, 6) is -2.15. The largest absolute Gasteiger partial charge is 0.463 e. The normalized spacial score (nSPS) is 11.5. The van der Waals surface area contributed by atoms with E-state index in [0.717, 1.165) is 12.7 Å². The van der Waals surface area contributed by atoms with Crippen LogP contribution < -0.4 is 5.32 Å². The standard InChI is InChI=1S/C21H18N2O5/c1-27-21(26)18(24)17(12-14-8-4-2-5-9-14)23-20(25)16-13-22-28-19(16)15-10-6-3-7-11-15/h2-11,13,17H,12H2,1H3,(H,23,25). The van der Waals surface area contributed by atoms with Crippen LogP contribution in [0.4, 0.5) is 0 Å². The second-order valence-corrected chi connectivity index (χ2v) is 6.01. The highest BCUT2D eigenvalue weighted by Gasteiger charge is 2.29. The van der Waals surface area contributed by atoms with E-state index in [-0.39, 0.29) is 17.7 Å². The van der Waals surface area contributed by atoms with Gasteiger partial charge in [0.05, 0.1) is 13.3 Å². The molecule has 0 saturated heterocycles. The highest BCUT2D eigenvalue weighted by Crippen LogP contribution is 2.23. The summed E-state index contributed by atoms with van der Waals surface area (Å²) >= 11 is 0. The zero-order chi connectivity index (χ0) is 19.9. The number of aromatic nitrogens is 1. The number of hydrogen-bond donors (Lipinski definition) is 1. The highest BCUT2D eigenvalue weighted by atomic mass is 16.5. The van der Waals surface area contributed by atoms with Gasteiger partial charge in [0.25, 0.3) is 11.7 Å². The predicted octanol–water partition coefficient (Wildman–Crippen LogP) is 2.42. The number of carbonyl (C=O) groups is 3. The minimum absolute atomic E-state index is 0.145. The predicted molar refractivity (Wildman–Crippen MR) is 100 cm³/mol. The number of carbonyl (C=O) groups excluding carboxylic acids is 3. The van der Waals surface area contributed by atoms with Crippen LogP contribution >= 0.6 is 0 Å². The molecule has 0 radical (unpaired) electrons. The molecule has 28 heavy (non-hydrogen) atoms. The summed E-state index contributed by atoms with van der Waals surface area (Å²) in [6.07, 6.45) is 1.42. The minimum Gasteiger partial charge on any atom is -0.463 e. The molecule has 0 spiro atoms. The molecule has 7 nitrogen and oxygen atoms in total. The molecule has 0 aliphatic rings. The Morgan fingerprint density at radius 3 is 2.32 bits per heavy atom. The maximum Gasteiger partial charge on any atom is 0.376 e. The second-order valence-electron chi connectivity index (χ2n) is 6.01. The molecule has 1 N–H and O–H groups in total. The number of ether oxygens (including phenoxy) is 1. The van der Waals surface area contributed by atoms with Crippen molar-refractivity contribution in [3.63, 3.8) is 0 Å². The summed E-state index contributed by atoms with van der Waals surface area (Å²) in [6, 6.07) is 17.0. The third kappa shape index (κ3) is 4.32. The summed E-state index contributed by atoms with van der Waals surface area (Å²) in [7, 11) is 1.12. The van der Waals surface area contributed by atoms with Crippen molar-refractivity contribution in [1.82, 2.24) is 10.5 Å². The molecule has 1 heterocycles. The lowest BCUT2D eigenvalue weighted by Gasteiger charge is -2.16. The van der Waals surface area contributed by atoms with Crippen LogP contribution in [0.15, 0.2) is 71.4 Å². The Bertz CT molecular complexity index is 967. The van der Waals surface area contributed by atoms with Crippen LogP contribution in [0, 0.1) is 0 Å². The third-order valence-corrected chi connectivity index (χ3v) is 4.14. The molecule has 1 aromatic heterocycles. The molecule has 2 aromatic carbocycles. The first-order valence-corrected chi connectivity index (χ1v) is 8.57. The van der Waals surface area contributed by atoms with Gasteiger partial charge >= 0.3 is 5.97 Å². The number of Topliss-reactive ketones (excluding diaryl/α,β-unsaturated/α-hetero) is 1. The molecule has 0 bridgehead atoms. The maximum absolute atomic E-state index is 12.8. The fourth-order valence-corrected chi connectivity index (χ4v) is 2.74. The SMILES string of the molecule is COC(=O)C(=O)C(Cc1ccccc1)NC(=O)c1cnoc1-c1ccccc1. The van der Waals surface area contributed by atoms with Crippen LogP contribution in [-0.2, 0) is 20.7 Å². The number of benzene rings is 2. The van der Waals surface area contributed by atoms with E-state index < -0.39 is 23.7 Å². The summed E-state index contributed by atoms with van der Waals surface area (Å²) in [4.78, 5) is 37.0. The first-order chi connectivity index (χ1) is 13.6. The molecule has 0 aliphatic carbocycles. The number of esters is 1. The van der Waals surface area contributed by atoms with Crippen molar-refractivity contribution >= 4 is 17.7 Å². The summed E-state index contributed by atoms with van der Waals surface area (Å²) in [5.41, 5.74) is 1.63. The van der Waals surface area contributed by atoms with Crippen LogP contribution in [0.3, 0.4) is 0 Å². The van der Waals surface area contributed by atoms with Crippen LogP contribution in [0.1, 0.15) is 15.9 Å². The average Bonchev–Trinajstić information content (AvgIpc) is 3.23. The van der Waals surface area contributed by atoms with Gasteiger partial charge in [-0.25, -0.2) is 4.79 Å². The average molecular weight is 378 g/mol. The van der Waals surface area contributed by atoms with E-state index in [0.29, 0.717) is 5.56 Å². The molecule has 1 unspecified atom stereocenters. The Kier molecular flexibility index (Phi) is 5.96. The Morgan fingerprint density at radius 1 is 1.04 bits per heavy atom. The van der Waals surface area contributed by atoms with Crippen molar-refractivity contribution in [2.24, 2.45) is 0 Å². The van der Waals surface area contributed by atoms with Gasteiger partial charge in [0.15, 0.2) is 5.76 Å². The summed E-state index contributed by atoms with van der Waals surface area (Å²) < 4.78 is 9.74. The van der Waals surface area contributed by atoms with E-state index in [1.165, 1.54) is 6.20 Å². The first-order valence-electron chi connectivity index (χ1n) is 8.57. The van der Waals surface area contributed by atoms with Gasteiger partial charge in [-0.15, -0.1) is 0 Å². The van der Waals surface area contributed by atoms with Gasteiger partial charge in [-0.1, -0.05) is 65.8 Å². The van der Waals surface area contributed by atoms with E-state index in [4.69, 9.17) is 4.52 Å². The molecule has 0 fully saturated rings. The fraction of sp³-hybridized carbons (Fsp3) is 0.143. The fourth-order valence-electron chi connectivity index (χ4n) is 2.74. The number of ketones is 1. The van der Waals surface area contributed by atoms with Crippen LogP contribution in [-0.4, -0.2) is 36.0 Å². The smallest absolute Gasteiger partial charge is 0.376 e. The molecule has 3 aromatic rings. The van der Waals surface area contributed by atoms with Gasteiger partial charge in [0, 0.05) is 12.0 Å². The number of nitrogens with zero attached hydrogens (tertiary/aromatic N) is 1. The van der Waals surface area contributed by atoms with Crippen molar-refractivity contribution in [3.8, 4) is 11.3 Å². The van der Waals surface area contributed by atoms with E-state index in [2.05, 4.69) is 15.2 Å².